The van der Waals surface area contributed by atoms with Crippen molar-refractivity contribution in [3.05, 3.63) is 35.3 Å². The lowest BCUT2D eigenvalue weighted by Crippen LogP contribution is -1.99. The summed E-state index contributed by atoms with van der Waals surface area (Å²) >= 11 is 0. The van der Waals surface area contributed by atoms with Crippen LogP contribution in [0, 0.1) is 11.3 Å². The van der Waals surface area contributed by atoms with Crippen LogP contribution in [0.2, 0.25) is 0 Å². The van der Waals surface area contributed by atoms with Crippen LogP contribution in [0.3, 0.4) is 0 Å². The minimum Gasteiger partial charge on any atom is -0.493 e. The van der Waals surface area contributed by atoms with Gasteiger partial charge in [-0.05, 0) is 30.2 Å². The van der Waals surface area contributed by atoms with Gasteiger partial charge in [0.05, 0.1) is 19.9 Å². The lowest BCUT2D eigenvalue weighted by Gasteiger charge is -2.10. The topological polar surface area (TPSA) is 92.7 Å². The van der Waals surface area contributed by atoms with Gasteiger partial charge in [-0.2, -0.15) is 10.4 Å². The Bertz CT molecular complexity index is 791. The highest BCUT2D eigenvalue weighted by Gasteiger charge is 2.14. The minimum atomic E-state index is 0.0890. The van der Waals surface area contributed by atoms with Crippen molar-refractivity contribution in [3.63, 3.8) is 0 Å². The molecule has 2 rings (SSSR count). The fourth-order valence-corrected chi connectivity index (χ4v) is 2.11. The number of hydrazone groups is 1. The quantitative estimate of drug-likeness (QED) is 0.409. The Labute approximate surface area is 153 Å². The van der Waals surface area contributed by atoms with Gasteiger partial charge in [0.25, 0.3) is 5.88 Å². The molecule has 7 nitrogen and oxygen atoms in total. The highest BCUT2D eigenvalue weighted by molar-refractivity contribution is 5.81. The lowest BCUT2D eigenvalue weighted by atomic mass is 10.2. The molecular weight excluding hydrogens is 332 g/mol. The summed E-state index contributed by atoms with van der Waals surface area (Å²) in [4.78, 5) is 4.13. The molecular formula is C19H24N4O3. The lowest BCUT2D eigenvalue weighted by molar-refractivity contribution is 0.288. The molecule has 0 radical (unpaired) electrons. The van der Waals surface area contributed by atoms with Crippen LogP contribution in [0.15, 0.2) is 27.7 Å². The van der Waals surface area contributed by atoms with Crippen molar-refractivity contribution in [1.82, 2.24) is 4.98 Å². The standard InChI is InChI=1S/C19H24N4O3/c1-5-6-9-25-16-8-7-14(10-17(16)24-4)12-21-23-19-15(11-20)22-18(26-19)13(2)3/h7-8,10,12-13,23H,5-6,9H2,1-4H3/b21-12+. The summed E-state index contributed by atoms with van der Waals surface area (Å²) < 4.78 is 16.6. The summed E-state index contributed by atoms with van der Waals surface area (Å²) in [6.45, 7) is 6.65. The third kappa shape index (κ3) is 4.99. The molecule has 0 fully saturated rings. The number of ether oxygens (including phenoxy) is 2. The molecule has 26 heavy (non-hydrogen) atoms. The SMILES string of the molecule is CCCCOc1ccc(/C=N/Nc2oc(C(C)C)nc2C#N)cc1OC. The number of nitrogens with one attached hydrogen (secondary N) is 1. The molecule has 0 saturated heterocycles. The Morgan fingerprint density at radius 1 is 1.38 bits per heavy atom. The van der Waals surface area contributed by atoms with E-state index in [4.69, 9.17) is 19.2 Å². The van der Waals surface area contributed by atoms with Gasteiger partial charge >= 0.3 is 0 Å². The van der Waals surface area contributed by atoms with E-state index in [2.05, 4.69) is 22.4 Å². The van der Waals surface area contributed by atoms with Crippen molar-refractivity contribution in [3.8, 4) is 17.6 Å². The molecule has 1 aromatic heterocycles. The van der Waals surface area contributed by atoms with Crippen LogP contribution in [0.25, 0.3) is 0 Å². The van der Waals surface area contributed by atoms with Crippen LogP contribution in [0.5, 0.6) is 11.5 Å². The number of oxazole rings is 1. The summed E-state index contributed by atoms with van der Waals surface area (Å²) in [5.74, 6) is 2.17. The highest BCUT2D eigenvalue weighted by atomic mass is 16.5. The van der Waals surface area contributed by atoms with Gasteiger partial charge in [0.2, 0.25) is 11.6 Å². The van der Waals surface area contributed by atoms with Gasteiger partial charge in [0, 0.05) is 5.92 Å². The number of anilines is 1. The second-order valence-corrected chi connectivity index (χ2v) is 5.98. The molecule has 0 aliphatic rings. The summed E-state index contributed by atoms with van der Waals surface area (Å²) in [6.07, 6.45) is 3.67. The maximum Gasteiger partial charge on any atom is 0.252 e. The van der Waals surface area contributed by atoms with Crippen molar-refractivity contribution in [2.75, 3.05) is 19.1 Å². The van der Waals surface area contributed by atoms with Gasteiger partial charge in [0.1, 0.15) is 6.07 Å². The second-order valence-electron chi connectivity index (χ2n) is 5.98. The number of hydrogen-bond acceptors (Lipinski definition) is 7. The summed E-state index contributed by atoms with van der Waals surface area (Å²) in [7, 11) is 1.60. The van der Waals surface area contributed by atoms with E-state index >= 15 is 0 Å². The Kier molecular flexibility index (Phi) is 7.03. The Balaban J connectivity index is 2.07. The van der Waals surface area contributed by atoms with Crippen molar-refractivity contribution in [1.29, 1.82) is 5.26 Å². The largest absolute Gasteiger partial charge is 0.493 e. The average molecular weight is 356 g/mol. The molecule has 1 heterocycles. The van der Waals surface area contributed by atoms with Crippen molar-refractivity contribution in [2.45, 2.75) is 39.5 Å². The molecule has 0 saturated carbocycles. The van der Waals surface area contributed by atoms with Crippen LogP contribution in [-0.4, -0.2) is 24.9 Å². The van der Waals surface area contributed by atoms with Crippen molar-refractivity contribution >= 4 is 12.1 Å². The first-order chi connectivity index (χ1) is 12.6. The van der Waals surface area contributed by atoms with Gasteiger partial charge in [-0.15, -0.1) is 0 Å². The molecule has 0 aliphatic heterocycles. The van der Waals surface area contributed by atoms with Gasteiger partial charge in [-0.3, -0.25) is 0 Å². The van der Waals surface area contributed by atoms with E-state index < -0.39 is 0 Å². The van der Waals surface area contributed by atoms with E-state index in [1.54, 1.807) is 13.3 Å². The number of nitrogens with zero attached hydrogens (tertiary/aromatic N) is 3. The van der Waals surface area contributed by atoms with Crippen LogP contribution in [-0.2, 0) is 0 Å². The minimum absolute atomic E-state index is 0.0890. The fraction of sp³-hybridized carbons (Fsp3) is 0.421. The number of unbranched alkanes of at least 4 members (excludes halogenated alkanes) is 1. The zero-order valence-corrected chi connectivity index (χ0v) is 15.6. The number of nitriles is 1. The molecule has 0 amide bonds. The van der Waals surface area contributed by atoms with Gasteiger partial charge in [-0.25, -0.2) is 10.4 Å². The molecule has 1 N–H and O–H groups in total. The van der Waals surface area contributed by atoms with Gasteiger partial charge in [0.15, 0.2) is 11.5 Å². The average Bonchev–Trinajstić information content (AvgIpc) is 3.06. The Hall–Kier alpha value is -3.01. The maximum atomic E-state index is 9.12. The summed E-state index contributed by atoms with van der Waals surface area (Å²) in [5.41, 5.74) is 3.73. The molecule has 0 bridgehead atoms. The molecule has 0 aliphatic carbocycles. The van der Waals surface area contributed by atoms with E-state index in [1.165, 1.54) is 0 Å². The molecule has 1 aromatic carbocycles. The fourth-order valence-electron chi connectivity index (χ4n) is 2.11. The summed E-state index contributed by atoms with van der Waals surface area (Å²) in [5, 5.41) is 13.2. The molecule has 7 heteroatoms. The van der Waals surface area contributed by atoms with Crippen molar-refractivity contribution in [2.24, 2.45) is 5.10 Å². The predicted molar refractivity (Wildman–Crippen MR) is 99.9 cm³/mol. The zero-order chi connectivity index (χ0) is 18.9. The molecule has 0 spiro atoms. The van der Waals surface area contributed by atoms with Gasteiger partial charge < -0.3 is 13.9 Å². The monoisotopic (exact) mass is 356 g/mol. The third-order valence-electron chi connectivity index (χ3n) is 3.57. The maximum absolute atomic E-state index is 9.12. The second kappa shape index (κ2) is 9.47. The number of aromatic nitrogens is 1. The van der Waals surface area contributed by atoms with E-state index in [0.29, 0.717) is 24.0 Å². The number of rotatable bonds is 9. The number of hydrogen-bond donors (Lipinski definition) is 1. The van der Waals surface area contributed by atoms with Crippen LogP contribution >= 0.6 is 0 Å². The predicted octanol–water partition coefficient (Wildman–Crippen LogP) is 4.30. The smallest absolute Gasteiger partial charge is 0.252 e. The molecule has 2 aromatic rings. The van der Waals surface area contributed by atoms with E-state index in [9.17, 15) is 0 Å². The Morgan fingerprint density at radius 3 is 2.85 bits per heavy atom. The molecule has 0 atom stereocenters. The first-order valence-electron chi connectivity index (χ1n) is 8.59. The molecule has 0 unspecified atom stereocenters. The zero-order valence-electron chi connectivity index (χ0n) is 15.6. The van der Waals surface area contributed by atoms with Crippen LogP contribution < -0.4 is 14.9 Å². The highest BCUT2D eigenvalue weighted by Crippen LogP contribution is 2.28. The summed E-state index contributed by atoms with van der Waals surface area (Å²) in [6, 6.07) is 7.55. The number of benzene rings is 1. The number of methoxy groups -OCH3 is 1. The molecule has 138 valence electrons. The van der Waals surface area contributed by atoms with Crippen LogP contribution in [0.4, 0.5) is 5.88 Å². The van der Waals surface area contributed by atoms with Crippen LogP contribution in [0.1, 0.15) is 56.7 Å². The van der Waals surface area contributed by atoms with E-state index in [1.807, 2.05) is 38.1 Å². The first kappa shape index (κ1) is 19.3. The van der Waals surface area contributed by atoms with Crippen molar-refractivity contribution < 1.29 is 13.9 Å². The van der Waals surface area contributed by atoms with E-state index in [0.717, 1.165) is 18.4 Å². The first-order valence-corrected chi connectivity index (χ1v) is 8.59. The normalized spacial score (nSPS) is 10.9. The Morgan fingerprint density at radius 2 is 2.19 bits per heavy atom. The van der Waals surface area contributed by atoms with E-state index in [-0.39, 0.29) is 17.5 Å². The third-order valence-corrected chi connectivity index (χ3v) is 3.57. The van der Waals surface area contributed by atoms with Gasteiger partial charge in [-0.1, -0.05) is 27.2 Å².